The summed E-state index contributed by atoms with van der Waals surface area (Å²) >= 11 is 4.25. The Morgan fingerprint density at radius 1 is 1.17 bits per heavy atom. The molecule has 0 aliphatic heterocycles. The Labute approximate surface area is 186 Å². The van der Waals surface area contributed by atoms with Crippen LogP contribution in [0.5, 0.6) is 0 Å². The van der Waals surface area contributed by atoms with Gasteiger partial charge in [-0.3, -0.25) is 9.59 Å². The second-order valence-electron chi connectivity index (χ2n) is 6.19. The zero-order chi connectivity index (χ0) is 21.7. The molecule has 1 amide bonds. The molecule has 0 bridgehead atoms. The highest BCUT2D eigenvalue weighted by molar-refractivity contribution is 9.10. The fourth-order valence-electron chi connectivity index (χ4n) is 2.64. The van der Waals surface area contributed by atoms with Crippen molar-refractivity contribution in [3.63, 3.8) is 0 Å². The summed E-state index contributed by atoms with van der Waals surface area (Å²) in [6.45, 7) is 2.00. The summed E-state index contributed by atoms with van der Waals surface area (Å²) in [4.78, 5) is 30.6. The lowest BCUT2D eigenvalue weighted by Crippen LogP contribution is -2.20. The molecule has 156 valence electrons. The summed E-state index contributed by atoms with van der Waals surface area (Å²) in [6, 6.07) is 13.5. The van der Waals surface area contributed by atoms with Crippen LogP contribution in [0, 0.1) is 0 Å². The number of nitrogens with one attached hydrogen (secondary N) is 2. The number of H-pyrrole nitrogens is 1. The number of para-hydroxylation sites is 1. The van der Waals surface area contributed by atoms with E-state index in [4.69, 9.17) is 0 Å². The molecule has 3 aromatic rings. The minimum atomic E-state index is -4.00. The third-order valence-corrected chi connectivity index (χ3v) is 7.35. The normalized spacial score (nSPS) is 11.3. The van der Waals surface area contributed by atoms with Gasteiger partial charge in [-0.15, -0.1) is 0 Å². The molecule has 2 aromatic carbocycles. The van der Waals surface area contributed by atoms with Gasteiger partial charge < -0.3 is 10.3 Å². The van der Waals surface area contributed by atoms with Crippen molar-refractivity contribution >= 4 is 49.1 Å². The number of sulfone groups is 1. The van der Waals surface area contributed by atoms with E-state index in [2.05, 4.69) is 31.2 Å². The van der Waals surface area contributed by atoms with Crippen LogP contribution in [-0.2, 0) is 21.1 Å². The molecule has 1 heterocycles. The molecule has 0 unspecified atom stereocenters. The smallest absolute Gasteiger partial charge is 0.270 e. The Bertz CT molecular complexity index is 1230. The van der Waals surface area contributed by atoms with Crippen LogP contribution in [0.1, 0.15) is 12.5 Å². The molecule has 0 aliphatic rings. The van der Waals surface area contributed by atoms with E-state index in [0.29, 0.717) is 0 Å². The number of amides is 1. The lowest BCUT2D eigenvalue weighted by molar-refractivity contribution is -0.113. The average Bonchev–Trinajstić information content (AvgIpc) is 2.73. The van der Waals surface area contributed by atoms with Gasteiger partial charge in [0.2, 0.25) is 15.7 Å². The molecule has 0 fully saturated rings. The molecule has 0 radical (unpaired) electrons. The van der Waals surface area contributed by atoms with Crippen LogP contribution in [0.15, 0.2) is 78.9 Å². The molecule has 10 heteroatoms. The van der Waals surface area contributed by atoms with Crippen LogP contribution in [0.3, 0.4) is 0 Å². The van der Waals surface area contributed by atoms with Crippen LogP contribution < -0.4 is 10.9 Å². The predicted molar refractivity (Wildman–Crippen MR) is 120 cm³/mol. The van der Waals surface area contributed by atoms with Crippen molar-refractivity contribution in [1.82, 2.24) is 9.97 Å². The van der Waals surface area contributed by atoms with Crippen molar-refractivity contribution < 1.29 is 13.2 Å². The number of aryl methyl sites for hydroxylation is 1. The quantitative estimate of drug-likeness (QED) is 0.373. The van der Waals surface area contributed by atoms with Gasteiger partial charge in [0.25, 0.3) is 5.56 Å². The first kappa shape index (κ1) is 22.3. The molecule has 1 aromatic heterocycles. The van der Waals surface area contributed by atoms with E-state index in [1.54, 1.807) is 12.1 Å². The number of aromatic amines is 1. The number of rotatable bonds is 7. The number of benzene rings is 2. The molecule has 2 N–H and O–H groups in total. The van der Waals surface area contributed by atoms with E-state index < -0.39 is 20.3 Å². The molecule has 30 heavy (non-hydrogen) atoms. The molecular weight excluding hydrogens is 490 g/mol. The van der Waals surface area contributed by atoms with Crippen LogP contribution in [0.25, 0.3) is 0 Å². The maximum absolute atomic E-state index is 12.7. The SMILES string of the molecule is CCc1ccccc1NC(=O)CSc1ncc(S(=O)(=O)c2ccc(Br)cc2)c(=O)[nH]1. The summed E-state index contributed by atoms with van der Waals surface area (Å²) < 4.78 is 26.0. The Hall–Kier alpha value is -2.43. The molecule has 7 nitrogen and oxygen atoms in total. The Morgan fingerprint density at radius 3 is 2.53 bits per heavy atom. The number of thioether (sulfide) groups is 1. The van der Waals surface area contributed by atoms with Crippen LogP contribution in [0.4, 0.5) is 5.69 Å². The number of hydrogen-bond acceptors (Lipinski definition) is 6. The molecular formula is C20H18BrN3O4S2. The first-order chi connectivity index (χ1) is 14.3. The van der Waals surface area contributed by atoms with Crippen molar-refractivity contribution in [3.8, 4) is 0 Å². The van der Waals surface area contributed by atoms with Crippen molar-refractivity contribution in [2.75, 3.05) is 11.1 Å². The van der Waals surface area contributed by atoms with E-state index in [1.165, 1.54) is 12.1 Å². The van der Waals surface area contributed by atoms with Crippen LogP contribution >= 0.6 is 27.7 Å². The lowest BCUT2D eigenvalue weighted by atomic mass is 10.1. The molecule has 0 spiro atoms. The second kappa shape index (κ2) is 9.59. The van der Waals surface area contributed by atoms with Gasteiger partial charge in [0.05, 0.1) is 16.8 Å². The second-order valence-corrected chi connectivity index (χ2v) is 9.98. The number of aromatic nitrogens is 2. The number of carbonyl (C=O) groups excluding carboxylic acids is 1. The van der Waals surface area contributed by atoms with Gasteiger partial charge in [-0.1, -0.05) is 52.8 Å². The Morgan fingerprint density at radius 2 is 1.87 bits per heavy atom. The average molecular weight is 508 g/mol. The zero-order valence-corrected chi connectivity index (χ0v) is 19.1. The number of anilines is 1. The highest BCUT2D eigenvalue weighted by atomic mass is 79.9. The third kappa shape index (κ3) is 5.18. The summed E-state index contributed by atoms with van der Waals surface area (Å²) in [5.74, 6) is -0.241. The minimum absolute atomic E-state index is 0.00706. The number of halogens is 1. The van der Waals surface area contributed by atoms with Gasteiger partial charge in [-0.25, -0.2) is 13.4 Å². The largest absolute Gasteiger partial charge is 0.325 e. The molecule has 3 rings (SSSR count). The summed E-state index contributed by atoms with van der Waals surface area (Å²) in [6.07, 6.45) is 1.80. The highest BCUT2D eigenvalue weighted by Gasteiger charge is 2.22. The highest BCUT2D eigenvalue weighted by Crippen LogP contribution is 2.21. The summed E-state index contributed by atoms with van der Waals surface area (Å²) in [7, 11) is -4.00. The first-order valence-corrected chi connectivity index (χ1v) is 12.2. The van der Waals surface area contributed by atoms with Gasteiger partial charge in [0.1, 0.15) is 0 Å². The van der Waals surface area contributed by atoms with E-state index in [9.17, 15) is 18.0 Å². The van der Waals surface area contributed by atoms with Crippen molar-refractivity contribution in [1.29, 1.82) is 0 Å². The maximum atomic E-state index is 12.7. The van der Waals surface area contributed by atoms with E-state index in [1.807, 2.05) is 31.2 Å². The molecule has 0 atom stereocenters. The summed E-state index contributed by atoms with van der Waals surface area (Å²) in [5.41, 5.74) is 0.972. The van der Waals surface area contributed by atoms with Gasteiger partial charge in [0, 0.05) is 10.2 Å². The van der Waals surface area contributed by atoms with Crippen LogP contribution in [0.2, 0.25) is 0 Å². The topological polar surface area (TPSA) is 109 Å². The standard InChI is InChI=1S/C20H18BrN3O4S2/c1-2-13-5-3-4-6-16(13)23-18(25)12-29-20-22-11-17(19(26)24-20)30(27,28)15-9-7-14(21)8-10-15/h3-11H,2,12H2,1H3,(H,23,25)(H,22,24,26). The van der Waals surface area contributed by atoms with E-state index in [-0.39, 0.29) is 21.7 Å². The first-order valence-electron chi connectivity index (χ1n) is 8.92. The predicted octanol–water partition coefficient (Wildman–Crippen LogP) is 3.66. The molecule has 0 saturated carbocycles. The van der Waals surface area contributed by atoms with E-state index in [0.717, 1.165) is 40.1 Å². The minimum Gasteiger partial charge on any atom is -0.325 e. The van der Waals surface area contributed by atoms with Crippen molar-refractivity contribution in [2.24, 2.45) is 0 Å². The number of hydrogen-bond donors (Lipinski definition) is 2. The number of nitrogens with zero attached hydrogens (tertiary/aromatic N) is 1. The van der Waals surface area contributed by atoms with Gasteiger partial charge in [-0.2, -0.15) is 0 Å². The van der Waals surface area contributed by atoms with Gasteiger partial charge in [0.15, 0.2) is 10.1 Å². The third-order valence-electron chi connectivity index (χ3n) is 4.17. The Balaban J connectivity index is 1.70. The fourth-order valence-corrected chi connectivity index (χ4v) is 4.77. The molecule has 0 aliphatic carbocycles. The van der Waals surface area contributed by atoms with Gasteiger partial charge >= 0.3 is 0 Å². The van der Waals surface area contributed by atoms with Gasteiger partial charge in [-0.05, 0) is 42.3 Å². The van der Waals surface area contributed by atoms with Crippen molar-refractivity contribution in [3.05, 3.63) is 75.1 Å². The summed E-state index contributed by atoms with van der Waals surface area (Å²) in [5, 5.41) is 2.99. The Kier molecular flexibility index (Phi) is 7.11. The van der Waals surface area contributed by atoms with E-state index >= 15 is 0 Å². The van der Waals surface area contributed by atoms with Crippen LogP contribution in [-0.4, -0.2) is 30.0 Å². The van der Waals surface area contributed by atoms with Crippen molar-refractivity contribution in [2.45, 2.75) is 28.3 Å². The monoisotopic (exact) mass is 507 g/mol. The molecule has 0 saturated heterocycles. The zero-order valence-electron chi connectivity index (χ0n) is 15.9. The maximum Gasteiger partial charge on any atom is 0.270 e. The number of carbonyl (C=O) groups is 1. The fraction of sp³-hybridized carbons (Fsp3) is 0.150. The lowest BCUT2D eigenvalue weighted by Gasteiger charge is -2.09.